The Labute approximate surface area is 354 Å². The van der Waals surface area contributed by atoms with Crippen LogP contribution in [0.2, 0.25) is 0 Å². The summed E-state index contributed by atoms with van der Waals surface area (Å²) in [6, 6.07) is 52.0. The molecular formula is C40H46Cu2O10P2S2+2. The Hall–Kier alpha value is -3.12. The molecule has 6 aromatic carbocycles. The van der Waals surface area contributed by atoms with Crippen molar-refractivity contribution in [3.63, 3.8) is 0 Å². The van der Waals surface area contributed by atoms with E-state index in [2.05, 4.69) is 0 Å². The molecule has 16 heteroatoms. The molecule has 0 aliphatic heterocycles. The molecule has 0 radical (unpaired) electrons. The molecule has 0 aliphatic carbocycles. The van der Waals surface area contributed by atoms with Crippen molar-refractivity contribution in [2.24, 2.45) is 0 Å². The van der Waals surface area contributed by atoms with Crippen LogP contribution in [-0.2, 0) is 54.4 Å². The van der Waals surface area contributed by atoms with Crippen molar-refractivity contribution >= 4 is 67.9 Å². The molecule has 0 heterocycles. The Morgan fingerprint density at radius 3 is 0.714 bits per heavy atom. The summed E-state index contributed by atoms with van der Waals surface area (Å²) in [5, 5.41) is 33.4. The monoisotopic (exact) mass is 938 g/mol. The molecule has 0 aliphatic rings. The van der Waals surface area contributed by atoms with Gasteiger partial charge in [-0.15, -0.1) is 0 Å². The maximum absolute atomic E-state index is 11.7. The van der Waals surface area contributed by atoms with Crippen LogP contribution >= 0.6 is 15.8 Å². The Balaban J connectivity index is 0. The zero-order chi connectivity index (χ0) is 40.6. The summed E-state index contributed by atoms with van der Waals surface area (Å²) >= 11 is 0. The molecule has 56 heavy (non-hydrogen) atoms. The van der Waals surface area contributed by atoms with Crippen LogP contribution in [-0.4, -0.2) is 74.8 Å². The fourth-order valence-corrected chi connectivity index (χ4v) is 12.9. The van der Waals surface area contributed by atoms with Crippen molar-refractivity contribution in [2.45, 2.75) is 9.79 Å². The van der Waals surface area contributed by atoms with Crippen LogP contribution in [0.5, 0.6) is 0 Å². The zero-order valence-corrected chi connectivity index (χ0v) is 36.3. The molecule has 4 N–H and O–H groups in total. The van der Waals surface area contributed by atoms with E-state index in [1.165, 1.54) is 12.1 Å². The van der Waals surface area contributed by atoms with Gasteiger partial charge in [-0.1, -0.05) is 97.1 Å². The van der Waals surface area contributed by atoms with Crippen LogP contribution in [0.25, 0.3) is 0 Å². The second kappa shape index (κ2) is 30.0. The third kappa shape index (κ3) is 16.8. The first-order valence-electron chi connectivity index (χ1n) is 16.0. The molecule has 0 saturated carbocycles. The van der Waals surface area contributed by atoms with E-state index in [0.717, 1.165) is 49.7 Å². The van der Waals surface area contributed by atoms with Gasteiger partial charge < -0.3 is 29.5 Å². The third-order valence-electron chi connectivity index (χ3n) is 7.10. The summed E-state index contributed by atoms with van der Waals surface area (Å²) < 4.78 is 70.1. The van der Waals surface area contributed by atoms with Gasteiger partial charge >= 0.3 is 34.1 Å². The van der Waals surface area contributed by atoms with E-state index in [1.54, 1.807) is 36.4 Å². The van der Waals surface area contributed by atoms with Gasteiger partial charge in [0.1, 0.15) is 52.1 Å². The van der Waals surface area contributed by atoms with Crippen LogP contribution in [0.4, 0.5) is 0 Å². The molecule has 0 fully saturated rings. The van der Waals surface area contributed by atoms with E-state index in [4.69, 9.17) is 20.4 Å². The fourth-order valence-electron chi connectivity index (χ4n) is 5.16. The molecule has 10 nitrogen and oxygen atoms in total. The minimum Gasteiger partial charge on any atom is -0.744 e. The molecule has 0 amide bonds. The average Bonchev–Trinajstić information content (AvgIpc) is 3.23. The Morgan fingerprint density at radius 2 is 0.518 bits per heavy atom. The summed E-state index contributed by atoms with van der Waals surface area (Å²) in [4.78, 5) is -0.247. The Kier molecular flexibility index (Phi) is 29.5. The van der Waals surface area contributed by atoms with Crippen LogP contribution in [0.3, 0.4) is 0 Å². The van der Waals surface area contributed by atoms with Gasteiger partial charge in [-0.3, -0.25) is 0 Å². The zero-order valence-electron chi connectivity index (χ0n) is 30.8. The number of benzene rings is 6. The fraction of sp³-hybridized carbons (Fsp3) is 0.100. The van der Waals surface area contributed by atoms with Gasteiger partial charge in [0.25, 0.3) is 0 Å². The third-order valence-corrected chi connectivity index (χ3v) is 14.8. The largest absolute Gasteiger partial charge is 1.00 e. The summed E-state index contributed by atoms with van der Waals surface area (Å²) in [6.07, 6.45) is 0. The van der Waals surface area contributed by atoms with Crippen molar-refractivity contribution in [3.8, 4) is 0 Å². The number of rotatable bonds is 8. The van der Waals surface area contributed by atoms with E-state index in [0.29, 0.717) is 10.6 Å². The van der Waals surface area contributed by atoms with Gasteiger partial charge in [-0.05, 0) is 72.8 Å². The summed E-state index contributed by atoms with van der Waals surface area (Å²) in [5.41, 5.74) is 0. The average molecular weight is 940 g/mol. The maximum Gasteiger partial charge on any atom is 1.00 e. The standard InChI is InChI=1S/2C18H15O3PS.4CH4O.2Cu/c2*19-23(20,21)18-14-8-7-13-17(18)22(15-9-3-1-4-10-15)16-11-5-2-6-12-16;4*1-2;;/h2*1-14H,(H,19,20,21);4*2H,1H3;;/q;;;;;;2*+1. The predicted molar refractivity (Wildman–Crippen MR) is 222 cm³/mol. The predicted octanol–water partition coefficient (Wildman–Crippen LogP) is 2.59. The molecule has 0 atom stereocenters. The van der Waals surface area contributed by atoms with Crippen LogP contribution < -0.4 is 31.8 Å². The maximum atomic E-state index is 11.7. The van der Waals surface area contributed by atoms with Crippen LogP contribution in [0.1, 0.15) is 0 Å². The topological polar surface area (TPSA) is 195 Å². The molecule has 0 bridgehead atoms. The number of aliphatic hydroxyl groups excluding tert-OH is 4. The van der Waals surface area contributed by atoms with E-state index in [1.807, 2.05) is 121 Å². The number of hydrogen-bond donors (Lipinski definition) is 4. The summed E-state index contributed by atoms with van der Waals surface area (Å²) in [6.45, 7) is 0. The van der Waals surface area contributed by atoms with Gasteiger partial charge in [-0.25, -0.2) is 16.8 Å². The smallest absolute Gasteiger partial charge is 0.744 e. The van der Waals surface area contributed by atoms with Gasteiger partial charge in [0.2, 0.25) is 0 Å². The first kappa shape index (κ1) is 55.0. The Bertz CT molecular complexity index is 1890. The molecule has 6 rings (SSSR count). The summed E-state index contributed by atoms with van der Waals surface area (Å²) in [7, 11) is -8.18. The number of aliphatic hydroxyl groups is 4. The first-order chi connectivity index (χ1) is 26.1. The molecule has 0 saturated heterocycles. The minimum atomic E-state index is -4.52. The first-order valence-corrected chi connectivity index (χ1v) is 21.8. The van der Waals surface area contributed by atoms with Crippen molar-refractivity contribution < 1.29 is 80.5 Å². The van der Waals surface area contributed by atoms with E-state index in [-0.39, 0.29) is 43.9 Å². The number of hydrogen-bond acceptors (Lipinski definition) is 10. The molecular weight excluding hydrogens is 894 g/mol. The van der Waals surface area contributed by atoms with Crippen molar-refractivity contribution in [3.05, 3.63) is 170 Å². The van der Waals surface area contributed by atoms with E-state index in [9.17, 15) is 25.9 Å². The SMILES string of the molecule is CO.CO.CO.CO.O=S(=O)([O-])c1ccccc1[PH+](c1ccccc1)c1ccccc1.O=S(=O)([O-])c1ccccc1[PH+](c1ccccc1)c1ccccc1.[Cu+].[Cu+]. The van der Waals surface area contributed by atoms with Gasteiger partial charge in [0, 0.05) is 28.4 Å². The van der Waals surface area contributed by atoms with E-state index >= 15 is 0 Å². The van der Waals surface area contributed by atoms with Crippen molar-refractivity contribution in [1.82, 2.24) is 0 Å². The molecule has 308 valence electrons. The molecule has 0 aromatic heterocycles. The molecule has 0 spiro atoms. The van der Waals surface area contributed by atoms with Gasteiger partial charge in [-0.2, -0.15) is 0 Å². The molecule has 0 unspecified atom stereocenters. The van der Waals surface area contributed by atoms with Crippen LogP contribution in [0, 0.1) is 0 Å². The minimum absolute atomic E-state index is 0. The van der Waals surface area contributed by atoms with Crippen molar-refractivity contribution in [1.29, 1.82) is 0 Å². The van der Waals surface area contributed by atoms with E-state index < -0.39 is 36.1 Å². The van der Waals surface area contributed by atoms with Crippen molar-refractivity contribution in [2.75, 3.05) is 28.4 Å². The Morgan fingerprint density at radius 1 is 0.339 bits per heavy atom. The van der Waals surface area contributed by atoms with Gasteiger partial charge in [0.15, 0.2) is 0 Å². The second-order valence-electron chi connectivity index (χ2n) is 10.1. The summed E-state index contributed by atoms with van der Waals surface area (Å²) in [5.74, 6) is 0. The second-order valence-corrected chi connectivity index (χ2v) is 17.7. The van der Waals surface area contributed by atoms with Crippen LogP contribution in [0.15, 0.2) is 180 Å². The molecule has 6 aromatic rings. The normalized spacial score (nSPS) is 9.93. The quantitative estimate of drug-likeness (QED) is 0.100. The van der Waals surface area contributed by atoms with Gasteiger partial charge in [0.05, 0.1) is 25.6 Å².